The first-order valence-electron chi connectivity index (χ1n) is 9.85. The summed E-state index contributed by atoms with van der Waals surface area (Å²) in [6.45, 7) is 1.95. The first kappa shape index (κ1) is 19.6. The Morgan fingerprint density at radius 3 is 2.81 bits per heavy atom. The van der Waals surface area contributed by atoms with Gasteiger partial charge in [0.15, 0.2) is 0 Å². The van der Waals surface area contributed by atoms with E-state index in [1.807, 2.05) is 4.90 Å². The monoisotopic (exact) mass is 376 g/mol. The Hall–Kier alpha value is -2.15. The fourth-order valence-corrected chi connectivity index (χ4v) is 4.11. The second-order valence-corrected chi connectivity index (χ2v) is 7.75. The Kier molecular flexibility index (Phi) is 6.66. The number of nitrogens with zero attached hydrogens (tertiary/aromatic N) is 1. The van der Waals surface area contributed by atoms with Gasteiger partial charge in [0.25, 0.3) is 0 Å². The van der Waals surface area contributed by atoms with Crippen LogP contribution in [0.5, 0.6) is 0 Å². The molecule has 3 rings (SSSR count). The smallest absolute Gasteiger partial charge is 0.319 e. The SMILES string of the molecule is N[C@@H]1CCC[C@H]1CC(=O)N1CCCC(CNC(=O)Nc2cccc(F)c2)C1. The van der Waals surface area contributed by atoms with Gasteiger partial charge in [0.2, 0.25) is 5.91 Å². The van der Waals surface area contributed by atoms with Crippen LogP contribution in [0.15, 0.2) is 24.3 Å². The summed E-state index contributed by atoms with van der Waals surface area (Å²) in [5.74, 6) is 0.341. The van der Waals surface area contributed by atoms with E-state index in [1.165, 1.54) is 12.1 Å². The van der Waals surface area contributed by atoms with Crippen LogP contribution >= 0.6 is 0 Å². The molecule has 4 N–H and O–H groups in total. The van der Waals surface area contributed by atoms with E-state index in [0.29, 0.717) is 31.1 Å². The average molecular weight is 376 g/mol. The van der Waals surface area contributed by atoms with Crippen molar-refractivity contribution >= 4 is 17.6 Å². The van der Waals surface area contributed by atoms with Gasteiger partial charge >= 0.3 is 6.03 Å². The molecule has 3 amide bonds. The van der Waals surface area contributed by atoms with Crippen molar-refractivity contribution in [1.82, 2.24) is 10.2 Å². The van der Waals surface area contributed by atoms with Crippen molar-refractivity contribution in [3.63, 3.8) is 0 Å². The van der Waals surface area contributed by atoms with Crippen LogP contribution in [0.1, 0.15) is 38.5 Å². The number of carbonyl (C=O) groups is 2. The van der Waals surface area contributed by atoms with Crippen molar-refractivity contribution < 1.29 is 14.0 Å². The zero-order valence-electron chi connectivity index (χ0n) is 15.6. The molecule has 6 nitrogen and oxygen atoms in total. The number of halogens is 1. The maximum absolute atomic E-state index is 13.2. The number of anilines is 1. The van der Waals surface area contributed by atoms with Crippen LogP contribution in [0.2, 0.25) is 0 Å². The van der Waals surface area contributed by atoms with Crippen molar-refractivity contribution in [2.45, 2.75) is 44.6 Å². The molecule has 148 valence electrons. The first-order valence-corrected chi connectivity index (χ1v) is 9.85. The van der Waals surface area contributed by atoms with Crippen LogP contribution in [0.4, 0.5) is 14.9 Å². The lowest BCUT2D eigenvalue weighted by Gasteiger charge is -2.33. The van der Waals surface area contributed by atoms with Crippen molar-refractivity contribution in [1.29, 1.82) is 0 Å². The molecule has 2 aliphatic rings. The highest BCUT2D eigenvalue weighted by Crippen LogP contribution is 2.28. The zero-order chi connectivity index (χ0) is 19.2. The number of nitrogens with two attached hydrogens (primary N) is 1. The summed E-state index contributed by atoms with van der Waals surface area (Å²) >= 11 is 0. The summed E-state index contributed by atoms with van der Waals surface area (Å²) < 4.78 is 13.2. The largest absolute Gasteiger partial charge is 0.342 e. The van der Waals surface area contributed by atoms with E-state index < -0.39 is 5.82 Å². The van der Waals surface area contributed by atoms with E-state index in [2.05, 4.69) is 10.6 Å². The standard InChI is InChI=1S/C20H29FN4O2/c21-16-6-2-7-17(11-16)24-20(27)23-12-14-4-3-9-25(13-14)19(26)10-15-5-1-8-18(15)22/h2,6-7,11,14-15,18H,1,3-5,8-10,12-13,22H2,(H2,23,24,27)/t14?,15-,18+/m0/s1. The lowest BCUT2D eigenvalue weighted by molar-refractivity contribution is -0.134. The molecule has 0 spiro atoms. The molecule has 7 heteroatoms. The van der Waals surface area contributed by atoms with Gasteiger partial charge in [0, 0.05) is 37.8 Å². The molecular weight excluding hydrogens is 347 g/mol. The number of hydrogen-bond acceptors (Lipinski definition) is 3. The number of carbonyl (C=O) groups excluding carboxylic acids is 2. The van der Waals surface area contributed by atoms with E-state index in [-0.39, 0.29) is 23.9 Å². The summed E-state index contributed by atoms with van der Waals surface area (Å²) in [4.78, 5) is 26.5. The van der Waals surface area contributed by atoms with E-state index in [9.17, 15) is 14.0 Å². The molecule has 1 unspecified atom stereocenters. The number of rotatable bonds is 5. The third-order valence-electron chi connectivity index (χ3n) is 5.66. The molecule has 1 aromatic rings. The summed E-state index contributed by atoms with van der Waals surface area (Å²) in [7, 11) is 0. The number of hydrogen-bond donors (Lipinski definition) is 3. The van der Waals surface area contributed by atoms with Crippen LogP contribution in [-0.2, 0) is 4.79 Å². The van der Waals surface area contributed by atoms with Crippen molar-refractivity contribution in [3.05, 3.63) is 30.1 Å². The molecule has 1 saturated heterocycles. The third kappa shape index (κ3) is 5.66. The predicted octanol–water partition coefficient (Wildman–Crippen LogP) is 2.70. The molecular formula is C20H29FN4O2. The second kappa shape index (κ2) is 9.17. The van der Waals surface area contributed by atoms with Gasteiger partial charge < -0.3 is 21.3 Å². The van der Waals surface area contributed by atoms with Crippen LogP contribution in [0.25, 0.3) is 0 Å². The Morgan fingerprint density at radius 1 is 1.22 bits per heavy atom. The fourth-order valence-electron chi connectivity index (χ4n) is 4.11. The Bertz CT molecular complexity index is 669. The minimum atomic E-state index is -0.392. The van der Waals surface area contributed by atoms with Crippen molar-refractivity contribution in [2.75, 3.05) is 25.0 Å². The Balaban J connectivity index is 1.42. The molecule has 0 aromatic heterocycles. The van der Waals surface area contributed by atoms with Crippen LogP contribution in [-0.4, -0.2) is 42.5 Å². The van der Waals surface area contributed by atoms with Crippen LogP contribution in [0, 0.1) is 17.7 Å². The van der Waals surface area contributed by atoms with Crippen LogP contribution < -0.4 is 16.4 Å². The second-order valence-electron chi connectivity index (χ2n) is 7.75. The van der Waals surface area contributed by atoms with Gasteiger partial charge in [-0.15, -0.1) is 0 Å². The van der Waals surface area contributed by atoms with Gasteiger partial charge in [0.05, 0.1) is 0 Å². The summed E-state index contributed by atoms with van der Waals surface area (Å²) in [6.07, 6.45) is 5.65. The lowest BCUT2D eigenvalue weighted by atomic mass is 9.95. The molecule has 3 atom stereocenters. The number of nitrogens with one attached hydrogen (secondary N) is 2. The molecule has 1 aliphatic carbocycles. The van der Waals surface area contributed by atoms with E-state index in [4.69, 9.17) is 5.73 Å². The fraction of sp³-hybridized carbons (Fsp3) is 0.600. The third-order valence-corrected chi connectivity index (χ3v) is 5.66. The number of likely N-dealkylation sites (tertiary alicyclic amines) is 1. The quantitative estimate of drug-likeness (QED) is 0.738. The van der Waals surface area contributed by atoms with Gasteiger partial charge in [-0.1, -0.05) is 12.5 Å². The van der Waals surface area contributed by atoms with Gasteiger partial charge in [-0.25, -0.2) is 9.18 Å². The summed E-state index contributed by atoms with van der Waals surface area (Å²) in [5.41, 5.74) is 6.51. The van der Waals surface area contributed by atoms with E-state index >= 15 is 0 Å². The number of piperidine rings is 1. The maximum Gasteiger partial charge on any atom is 0.319 e. The number of amides is 3. The van der Waals surface area contributed by atoms with Crippen molar-refractivity contribution in [2.24, 2.45) is 17.6 Å². The summed E-state index contributed by atoms with van der Waals surface area (Å²) in [6, 6.07) is 5.58. The summed E-state index contributed by atoms with van der Waals surface area (Å²) in [5, 5.41) is 5.45. The highest BCUT2D eigenvalue weighted by molar-refractivity contribution is 5.89. The zero-order valence-corrected chi connectivity index (χ0v) is 15.6. The Labute approximate surface area is 159 Å². The molecule has 1 heterocycles. The first-order chi connectivity index (χ1) is 13.0. The van der Waals surface area contributed by atoms with Crippen molar-refractivity contribution in [3.8, 4) is 0 Å². The molecule has 1 aromatic carbocycles. The highest BCUT2D eigenvalue weighted by Gasteiger charge is 2.30. The molecule has 0 radical (unpaired) electrons. The number of benzene rings is 1. The minimum Gasteiger partial charge on any atom is -0.342 e. The normalized spacial score (nSPS) is 25.3. The highest BCUT2D eigenvalue weighted by atomic mass is 19.1. The topological polar surface area (TPSA) is 87.5 Å². The van der Waals surface area contributed by atoms with Gasteiger partial charge in [0.1, 0.15) is 5.82 Å². The maximum atomic E-state index is 13.2. The molecule has 27 heavy (non-hydrogen) atoms. The molecule has 0 bridgehead atoms. The average Bonchev–Trinajstić information content (AvgIpc) is 3.05. The van der Waals surface area contributed by atoms with Gasteiger partial charge in [-0.2, -0.15) is 0 Å². The molecule has 2 fully saturated rings. The number of urea groups is 1. The van der Waals surface area contributed by atoms with Crippen LogP contribution in [0.3, 0.4) is 0 Å². The van der Waals surface area contributed by atoms with Gasteiger partial charge in [-0.05, 0) is 55.7 Å². The van der Waals surface area contributed by atoms with Gasteiger partial charge in [-0.3, -0.25) is 4.79 Å². The minimum absolute atomic E-state index is 0.155. The predicted molar refractivity (Wildman–Crippen MR) is 103 cm³/mol. The van der Waals surface area contributed by atoms with E-state index in [1.54, 1.807) is 12.1 Å². The van der Waals surface area contributed by atoms with E-state index in [0.717, 1.165) is 38.6 Å². The lowest BCUT2D eigenvalue weighted by Crippen LogP contribution is -2.45. The molecule has 1 saturated carbocycles. The Morgan fingerprint density at radius 2 is 2.07 bits per heavy atom. The molecule has 1 aliphatic heterocycles.